The Hall–Kier alpha value is -2.46. The van der Waals surface area contributed by atoms with Crippen molar-refractivity contribution in [3.8, 4) is 0 Å². The number of hydrogen-bond donors (Lipinski definition) is 0. The highest BCUT2D eigenvalue weighted by Gasteiger charge is 2.75. The molecule has 0 aromatic heterocycles. The fourth-order valence-electron chi connectivity index (χ4n) is 3.70. The molecular weight excluding hydrogens is 669 g/mol. The normalized spacial score (nSPS) is 19.0. The minimum absolute atomic E-state index is 0.0153. The first-order valence-corrected chi connectivity index (χ1v) is 12.1. The average Bonchev–Trinajstić information content (AvgIpc) is 2.77. The summed E-state index contributed by atoms with van der Waals surface area (Å²) >= 11 is 4.92. The van der Waals surface area contributed by atoms with E-state index >= 15 is 8.78 Å². The molecule has 0 heterocycles. The summed E-state index contributed by atoms with van der Waals surface area (Å²) in [5.74, 6) is -6.58. The van der Waals surface area contributed by atoms with Gasteiger partial charge in [0.2, 0.25) is 0 Å². The van der Waals surface area contributed by atoms with Crippen LogP contribution >= 0.6 is 43.6 Å². The van der Waals surface area contributed by atoms with Crippen LogP contribution in [0.4, 0.5) is 42.1 Å². The molecule has 2 aromatic rings. The van der Waals surface area contributed by atoms with Crippen molar-refractivity contribution in [3.63, 3.8) is 0 Å². The molecule has 0 saturated carbocycles. The van der Waals surface area contributed by atoms with Gasteiger partial charge in [-0.05, 0) is 16.6 Å². The maximum absolute atomic E-state index is 15.1. The van der Waals surface area contributed by atoms with E-state index < -0.39 is 71.8 Å². The number of allylic oxidation sites excluding steroid dienone is 2. The van der Waals surface area contributed by atoms with E-state index in [9.17, 15) is 42.2 Å². The molecule has 0 fully saturated rings. The molecule has 0 saturated heterocycles. The van der Waals surface area contributed by atoms with Gasteiger partial charge in [-0.25, -0.2) is 0 Å². The Labute approximate surface area is 224 Å². The van der Waals surface area contributed by atoms with Crippen LogP contribution < -0.4 is 0 Å². The summed E-state index contributed by atoms with van der Waals surface area (Å²) in [5, 5.41) is 17.7. The number of nitrogens with zero attached hydrogens (tertiary/aromatic N) is 2. The standard InChI is InChI=1S/C21H11Br2F7N2O4S/c22-11-9-14(23)17(12-5-1-3-7-15(12)31(33)34)18(10-11,13-6-2-4-8-16(13)32(35)36)37-21(29,30)19(24,25)20(26,27)28/h1-8,10H,9H2. The number of rotatable bonds is 7. The third kappa shape index (κ3) is 5.14. The SMILES string of the molecule is O=[N+]([O-])c1ccccc1C1=C(Br)CC(Br)=CC1(SC(F)(F)C(F)(F)C(F)(F)F)c1ccccc1[N+](=O)[O-]. The molecule has 6 nitrogen and oxygen atoms in total. The fraction of sp³-hybridized carbons (Fsp3) is 0.238. The summed E-state index contributed by atoms with van der Waals surface area (Å²) in [6.07, 6.45) is -6.05. The molecule has 16 heteroatoms. The third-order valence-electron chi connectivity index (χ3n) is 5.21. The van der Waals surface area contributed by atoms with Crippen molar-refractivity contribution in [2.75, 3.05) is 0 Å². The minimum Gasteiger partial charge on any atom is -0.258 e. The van der Waals surface area contributed by atoms with Crippen LogP contribution in [-0.4, -0.2) is 27.2 Å². The number of para-hydroxylation sites is 2. The minimum atomic E-state index is -6.69. The Kier molecular flexibility index (Phi) is 7.88. The molecule has 3 rings (SSSR count). The van der Waals surface area contributed by atoms with Crippen molar-refractivity contribution < 1.29 is 40.6 Å². The Balaban J connectivity index is 2.51. The van der Waals surface area contributed by atoms with Gasteiger partial charge in [0.15, 0.2) is 0 Å². The van der Waals surface area contributed by atoms with Gasteiger partial charge in [0.25, 0.3) is 11.4 Å². The number of thioether (sulfide) groups is 1. The quantitative estimate of drug-likeness (QED) is 0.166. The fourth-order valence-corrected chi connectivity index (χ4v) is 7.28. The van der Waals surface area contributed by atoms with Crippen molar-refractivity contribution in [2.45, 2.75) is 28.5 Å². The Morgan fingerprint density at radius 1 is 0.838 bits per heavy atom. The molecule has 1 unspecified atom stereocenters. The smallest absolute Gasteiger partial charge is 0.258 e. The summed E-state index contributed by atoms with van der Waals surface area (Å²) in [4.78, 5) is 21.6. The number of benzene rings is 2. The first-order chi connectivity index (χ1) is 17.0. The second-order valence-electron chi connectivity index (χ2n) is 7.52. The van der Waals surface area contributed by atoms with Crippen LogP contribution in [0.25, 0.3) is 5.57 Å². The lowest BCUT2D eigenvalue weighted by Gasteiger charge is -2.40. The zero-order valence-electron chi connectivity index (χ0n) is 17.7. The van der Waals surface area contributed by atoms with Crippen molar-refractivity contribution in [2.24, 2.45) is 0 Å². The van der Waals surface area contributed by atoms with Gasteiger partial charge in [-0.1, -0.05) is 74.0 Å². The summed E-state index contributed by atoms with van der Waals surface area (Å²) < 4.78 is 94.6. The molecule has 0 spiro atoms. The maximum atomic E-state index is 15.1. The average molecular weight is 680 g/mol. The van der Waals surface area contributed by atoms with Crippen LogP contribution in [0, 0.1) is 20.2 Å². The van der Waals surface area contributed by atoms with Gasteiger partial charge >= 0.3 is 17.4 Å². The van der Waals surface area contributed by atoms with Crippen molar-refractivity contribution in [1.29, 1.82) is 0 Å². The summed E-state index contributed by atoms with van der Waals surface area (Å²) in [7, 11) is 0. The Bertz CT molecular complexity index is 1330. The van der Waals surface area contributed by atoms with E-state index in [1.807, 2.05) is 0 Å². The molecule has 37 heavy (non-hydrogen) atoms. The van der Waals surface area contributed by atoms with E-state index in [-0.39, 0.29) is 15.4 Å². The van der Waals surface area contributed by atoms with Gasteiger partial charge < -0.3 is 0 Å². The predicted molar refractivity (Wildman–Crippen MR) is 129 cm³/mol. The van der Waals surface area contributed by atoms with Gasteiger partial charge in [0.1, 0.15) is 0 Å². The molecule has 1 atom stereocenters. The Morgan fingerprint density at radius 2 is 1.35 bits per heavy atom. The van der Waals surface area contributed by atoms with Crippen LogP contribution in [0.3, 0.4) is 0 Å². The number of alkyl halides is 7. The summed E-state index contributed by atoms with van der Waals surface area (Å²) in [5.41, 5.74) is -3.25. The number of hydrogen-bond acceptors (Lipinski definition) is 5. The highest BCUT2D eigenvalue weighted by Crippen LogP contribution is 2.65. The summed E-state index contributed by atoms with van der Waals surface area (Å²) in [6, 6.07) is 8.53. The van der Waals surface area contributed by atoms with Crippen molar-refractivity contribution >= 4 is 60.6 Å². The highest BCUT2D eigenvalue weighted by atomic mass is 79.9. The van der Waals surface area contributed by atoms with Crippen molar-refractivity contribution in [3.05, 3.63) is 94.9 Å². The lowest BCUT2D eigenvalue weighted by Crippen LogP contribution is -2.52. The molecule has 0 N–H and O–H groups in total. The molecule has 1 aliphatic rings. The zero-order chi connectivity index (χ0) is 28.0. The monoisotopic (exact) mass is 678 g/mol. The van der Waals surface area contributed by atoms with Gasteiger partial charge in [0.05, 0.1) is 25.7 Å². The van der Waals surface area contributed by atoms with Crippen LogP contribution in [-0.2, 0) is 4.75 Å². The zero-order valence-corrected chi connectivity index (χ0v) is 21.7. The second-order valence-corrected chi connectivity index (χ2v) is 10.9. The van der Waals surface area contributed by atoms with E-state index in [0.717, 1.165) is 42.5 Å². The van der Waals surface area contributed by atoms with Crippen LogP contribution in [0.1, 0.15) is 17.5 Å². The van der Waals surface area contributed by atoms with Crippen molar-refractivity contribution in [1.82, 2.24) is 0 Å². The molecule has 0 radical (unpaired) electrons. The highest BCUT2D eigenvalue weighted by molar-refractivity contribution is 9.12. The van der Waals surface area contributed by atoms with Gasteiger partial charge in [-0.3, -0.25) is 20.2 Å². The molecule has 2 aromatic carbocycles. The summed E-state index contributed by atoms with van der Waals surface area (Å²) in [6.45, 7) is 0. The van der Waals surface area contributed by atoms with E-state index in [1.165, 1.54) is 12.1 Å². The largest absolute Gasteiger partial charge is 0.460 e. The molecule has 0 aliphatic heterocycles. The number of nitro benzene ring substituents is 2. The molecule has 198 valence electrons. The van der Waals surface area contributed by atoms with Gasteiger partial charge in [-0.2, -0.15) is 30.7 Å². The lowest BCUT2D eigenvalue weighted by atomic mass is 9.81. The molecule has 0 bridgehead atoms. The van der Waals surface area contributed by atoms with Crippen LogP contribution in [0.5, 0.6) is 0 Å². The van der Waals surface area contributed by atoms with E-state index in [1.54, 1.807) is 0 Å². The maximum Gasteiger partial charge on any atom is 0.460 e. The molecular formula is C21H11Br2F7N2O4S. The van der Waals surface area contributed by atoms with E-state index in [0.29, 0.717) is 0 Å². The van der Waals surface area contributed by atoms with Gasteiger partial charge in [0, 0.05) is 28.6 Å². The van der Waals surface area contributed by atoms with E-state index in [4.69, 9.17) is 0 Å². The van der Waals surface area contributed by atoms with Gasteiger partial charge in [-0.15, -0.1) is 0 Å². The first-order valence-electron chi connectivity index (χ1n) is 9.73. The molecule has 1 aliphatic carbocycles. The lowest BCUT2D eigenvalue weighted by molar-refractivity contribution is -0.385. The molecule has 0 amide bonds. The predicted octanol–water partition coefficient (Wildman–Crippen LogP) is 8.71. The topological polar surface area (TPSA) is 86.3 Å². The Morgan fingerprint density at radius 3 is 1.89 bits per heavy atom. The van der Waals surface area contributed by atoms with Crippen LogP contribution in [0.15, 0.2) is 63.6 Å². The van der Waals surface area contributed by atoms with Crippen LogP contribution in [0.2, 0.25) is 0 Å². The third-order valence-corrected chi connectivity index (χ3v) is 7.77. The number of nitro groups is 2. The first kappa shape index (κ1) is 29.1. The number of halogens is 9. The second kappa shape index (κ2) is 10.0. The van der Waals surface area contributed by atoms with E-state index in [2.05, 4.69) is 31.9 Å².